The first kappa shape index (κ1) is 33.0. The van der Waals surface area contributed by atoms with Crippen LogP contribution in [-0.4, -0.2) is 41.0 Å². The molecule has 1 atom stereocenters. The Hall–Kier alpha value is -2.18. The van der Waals surface area contributed by atoms with E-state index in [1.165, 1.54) is 83.5 Å². The molecular weight excluding hydrogens is 492 g/mol. The van der Waals surface area contributed by atoms with Gasteiger partial charge in [0, 0.05) is 18.4 Å². The molecule has 0 saturated carbocycles. The lowest BCUT2D eigenvalue weighted by atomic mass is 9.98. The lowest BCUT2D eigenvalue weighted by Gasteiger charge is -2.24. The van der Waals surface area contributed by atoms with Gasteiger partial charge in [0.05, 0.1) is 19.8 Å². The van der Waals surface area contributed by atoms with Crippen LogP contribution in [0.2, 0.25) is 0 Å². The summed E-state index contributed by atoms with van der Waals surface area (Å²) in [5.74, 6) is -0.994. The molecule has 0 bridgehead atoms. The summed E-state index contributed by atoms with van der Waals surface area (Å²) in [5, 5.41) is 18.5. The molecule has 6 nitrogen and oxygen atoms in total. The number of cyclic esters (lactones) is 1. The van der Waals surface area contributed by atoms with E-state index in [2.05, 4.69) is 0 Å². The second-order valence-electron chi connectivity index (χ2n) is 11.2. The van der Waals surface area contributed by atoms with Gasteiger partial charge in [-0.3, -0.25) is 4.79 Å². The number of benzene rings is 1. The highest BCUT2D eigenvalue weighted by molar-refractivity contribution is 5.91. The van der Waals surface area contributed by atoms with Crippen molar-refractivity contribution in [2.24, 2.45) is 0 Å². The van der Waals surface area contributed by atoms with Crippen LogP contribution in [0.5, 0.6) is 0 Å². The standard InChI is InChI=1S/C33H52O6/c34-27-33(28-38-26-29-21-17-16-18-22-29)25-30(32(37)39-33)23-19-14-12-10-8-6-4-2-1-3-5-7-9-11-13-15-20-24-31(35)36/h16-18,21-23,34H,1-15,19-20,24-28H2,(H,35,36)/b30-23-. The topological polar surface area (TPSA) is 93.1 Å². The van der Waals surface area contributed by atoms with Crippen LogP contribution >= 0.6 is 0 Å². The summed E-state index contributed by atoms with van der Waals surface area (Å²) in [7, 11) is 0. The van der Waals surface area contributed by atoms with Gasteiger partial charge in [-0.2, -0.15) is 0 Å². The van der Waals surface area contributed by atoms with Gasteiger partial charge < -0.3 is 19.7 Å². The Labute approximate surface area is 236 Å². The van der Waals surface area contributed by atoms with Crippen LogP contribution < -0.4 is 0 Å². The second kappa shape index (κ2) is 20.7. The SMILES string of the molecule is O=C(O)CCCCCCCCCCCCCCCCCC/C=C1/CC(CO)(COCc2ccccc2)OC1=O. The molecule has 1 aliphatic rings. The summed E-state index contributed by atoms with van der Waals surface area (Å²) in [6.45, 7) is 0.390. The molecule has 1 aromatic rings. The molecule has 0 spiro atoms. The molecule has 39 heavy (non-hydrogen) atoms. The number of ether oxygens (including phenoxy) is 2. The van der Waals surface area contributed by atoms with Gasteiger partial charge in [0.15, 0.2) is 5.60 Å². The highest BCUT2D eigenvalue weighted by Gasteiger charge is 2.43. The van der Waals surface area contributed by atoms with Crippen molar-refractivity contribution in [1.82, 2.24) is 0 Å². The average molecular weight is 545 g/mol. The fraction of sp³-hybridized carbons (Fsp3) is 0.697. The number of unbranched alkanes of at least 4 members (excludes halogenated alkanes) is 16. The highest BCUT2D eigenvalue weighted by Crippen LogP contribution is 2.32. The Morgan fingerprint density at radius 3 is 1.85 bits per heavy atom. The molecule has 1 aromatic carbocycles. The number of hydrogen-bond acceptors (Lipinski definition) is 5. The van der Waals surface area contributed by atoms with Gasteiger partial charge in [0.1, 0.15) is 0 Å². The molecule has 6 heteroatoms. The quantitative estimate of drug-likeness (QED) is 0.0780. The summed E-state index contributed by atoms with van der Waals surface area (Å²) < 4.78 is 11.3. The molecule has 0 amide bonds. The van der Waals surface area contributed by atoms with E-state index in [0.29, 0.717) is 25.0 Å². The van der Waals surface area contributed by atoms with Crippen LogP contribution in [0.15, 0.2) is 42.0 Å². The Morgan fingerprint density at radius 2 is 1.33 bits per heavy atom. The van der Waals surface area contributed by atoms with Crippen molar-refractivity contribution < 1.29 is 29.3 Å². The molecular formula is C33H52O6. The monoisotopic (exact) mass is 544 g/mol. The van der Waals surface area contributed by atoms with E-state index in [9.17, 15) is 14.7 Å². The Kier molecular flexibility index (Phi) is 17.5. The zero-order valence-electron chi connectivity index (χ0n) is 24.0. The van der Waals surface area contributed by atoms with Crippen LogP contribution in [0.25, 0.3) is 0 Å². The minimum Gasteiger partial charge on any atom is -0.481 e. The summed E-state index contributed by atoms with van der Waals surface area (Å²) in [4.78, 5) is 22.8. The first-order chi connectivity index (χ1) is 19.0. The van der Waals surface area contributed by atoms with Gasteiger partial charge in [-0.05, 0) is 24.8 Å². The number of hydrogen-bond donors (Lipinski definition) is 2. The maximum Gasteiger partial charge on any atom is 0.334 e. The molecule has 1 saturated heterocycles. The van der Waals surface area contributed by atoms with Gasteiger partial charge in [0.25, 0.3) is 0 Å². The molecule has 0 aromatic heterocycles. The number of esters is 1. The number of carbonyl (C=O) groups is 2. The van der Waals surface area contributed by atoms with Gasteiger partial charge in [-0.15, -0.1) is 0 Å². The Morgan fingerprint density at radius 1 is 0.821 bits per heavy atom. The molecule has 1 heterocycles. The van der Waals surface area contributed by atoms with E-state index in [-0.39, 0.29) is 19.2 Å². The molecule has 1 fully saturated rings. The number of carboxylic acid groups (broad SMARTS) is 1. The van der Waals surface area contributed by atoms with Gasteiger partial charge in [0.2, 0.25) is 0 Å². The zero-order valence-corrected chi connectivity index (χ0v) is 24.0. The lowest BCUT2D eigenvalue weighted by Crippen LogP contribution is -2.38. The third-order valence-corrected chi connectivity index (χ3v) is 7.58. The first-order valence-corrected chi connectivity index (χ1v) is 15.4. The summed E-state index contributed by atoms with van der Waals surface area (Å²) >= 11 is 0. The van der Waals surface area contributed by atoms with Crippen LogP contribution in [0.3, 0.4) is 0 Å². The number of aliphatic hydroxyl groups is 1. The maximum atomic E-state index is 12.3. The average Bonchev–Trinajstić information content (AvgIpc) is 3.25. The van der Waals surface area contributed by atoms with E-state index >= 15 is 0 Å². The predicted octanol–water partition coefficient (Wildman–Crippen LogP) is 7.91. The molecule has 0 aliphatic carbocycles. The number of allylic oxidation sites excluding steroid dienone is 1. The van der Waals surface area contributed by atoms with Crippen molar-refractivity contribution in [2.75, 3.05) is 13.2 Å². The van der Waals surface area contributed by atoms with Crippen molar-refractivity contribution in [1.29, 1.82) is 0 Å². The van der Waals surface area contributed by atoms with Gasteiger partial charge in [-0.1, -0.05) is 126 Å². The van der Waals surface area contributed by atoms with Crippen LogP contribution in [0.4, 0.5) is 0 Å². The molecule has 2 rings (SSSR count). The van der Waals surface area contributed by atoms with Gasteiger partial charge in [-0.25, -0.2) is 4.79 Å². The molecule has 1 aliphatic heterocycles. The smallest absolute Gasteiger partial charge is 0.334 e. The van der Waals surface area contributed by atoms with Crippen molar-refractivity contribution in [3.8, 4) is 0 Å². The van der Waals surface area contributed by atoms with Crippen LogP contribution in [-0.2, 0) is 25.7 Å². The third-order valence-electron chi connectivity index (χ3n) is 7.58. The fourth-order valence-electron chi connectivity index (χ4n) is 5.19. The van der Waals surface area contributed by atoms with Crippen molar-refractivity contribution in [3.63, 3.8) is 0 Å². The molecule has 0 radical (unpaired) electrons. The number of carbonyl (C=O) groups excluding carboxylic acids is 1. The van der Waals surface area contributed by atoms with Crippen LogP contribution in [0.1, 0.15) is 128 Å². The van der Waals surface area contributed by atoms with Gasteiger partial charge >= 0.3 is 11.9 Å². The van der Waals surface area contributed by atoms with E-state index < -0.39 is 11.6 Å². The Bertz CT molecular complexity index is 821. The van der Waals surface area contributed by atoms with Crippen molar-refractivity contribution >= 4 is 11.9 Å². The second-order valence-corrected chi connectivity index (χ2v) is 11.2. The number of aliphatic hydroxyl groups excluding tert-OH is 1. The number of rotatable bonds is 24. The number of carboxylic acids is 1. The molecule has 2 N–H and O–H groups in total. The Balaban J connectivity index is 1.40. The van der Waals surface area contributed by atoms with E-state index in [1.807, 2.05) is 36.4 Å². The minimum atomic E-state index is -0.956. The number of aliphatic carboxylic acids is 1. The summed E-state index contributed by atoms with van der Waals surface area (Å²) in [5.41, 5.74) is 0.766. The molecule has 1 unspecified atom stereocenters. The predicted molar refractivity (Wildman–Crippen MR) is 155 cm³/mol. The van der Waals surface area contributed by atoms with E-state index in [4.69, 9.17) is 14.6 Å². The fourth-order valence-corrected chi connectivity index (χ4v) is 5.19. The molecule has 220 valence electrons. The minimum absolute atomic E-state index is 0.194. The zero-order chi connectivity index (χ0) is 28.0. The first-order valence-electron chi connectivity index (χ1n) is 15.4. The third kappa shape index (κ3) is 15.3. The van der Waals surface area contributed by atoms with Crippen molar-refractivity contribution in [3.05, 3.63) is 47.5 Å². The highest BCUT2D eigenvalue weighted by atomic mass is 16.6. The summed E-state index contributed by atoms with van der Waals surface area (Å²) in [6, 6.07) is 9.85. The normalized spacial score (nSPS) is 18.1. The van der Waals surface area contributed by atoms with Crippen molar-refractivity contribution in [2.45, 2.75) is 134 Å². The van der Waals surface area contributed by atoms with E-state index in [1.54, 1.807) is 0 Å². The summed E-state index contributed by atoms with van der Waals surface area (Å²) in [6.07, 6.45) is 23.3. The van der Waals surface area contributed by atoms with Crippen LogP contribution in [0, 0.1) is 0 Å². The largest absolute Gasteiger partial charge is 0.481 e. The van der Waals surface area contributed by atoms with E-state index in [0.717, 1.165) is 31.2 Å². The lowest BCUT2D eigenvalue weighted by molar-refractivity contribution is -0.157. The maximum absolute atomic E-state index is 12.3.